The number of rotatable bonds is 4. The van der Waals surface area contributed by atoms with E-state index in [1.165, 1.54) is 28.6 Å². The highest BCUT2D eigenvalue weighted by Gasteiger charge is 2.29. The fraction of sp³-hybridized carbons (Fsp3) is 0.231. The van der Waals surface area contributed by atoms with Crippen molar-refractivity contribution in [1.82, 2.24) is 4.57 Å². The van der Waals surface area contributed by atoms with E-state index in [-0.39, 0.29) is 17.5 Å². The number of hydrogen-bond donors (Lipinski definition) is 1. The van der Waals surface area contributed by atoms with E-state index in [4.69, 9.17) is 0 Å². The first kappa shape index (κ1) is 14.4. The molecule has 0 aliphatic carbocycles. The topological polar surface area (TPSA) is 80.2 Å². The van der Waals surface area contributed by atoms with Crippen LogP contribution in [-0.2, 0) is 23.7 Å². The van der Waals surface area contributed by atoms with Crippen molar-refractivity contribution in [3.63, 3.8) is 0 Å². The van der Waals surface area contributed by atoms with Crippen LogP contribution >= 0.6 is 0 Å². The zero-order chi connectivity index (χ0) is 14.9. The maximum atomic E-state index is 12.1. The molecule has 0 fully saturated rings. The lowest BCUT2D eigenvalue weighted by atomic mass is 10.1. The van der Waals surface area contributed by atoms with Crippen LogP contribution in [0.3, 0.4) is 0 Å². The summed E-state index contributed by atoms with van der Waals surface area (Å²) < 4.78 is 34.2. The molecule has 0 unspecified atom stereocenters. The van der Waals surface area contributed by atoms with Gasteiger partial charge in [-0.05, 0) is 6.92 Å². The Bertz CT molecular complexity index is 745. The summed E-state index contributed by atoms with van der Waals surface area (Å²) in [5, 5.41) is -0.321. The highest BCUT2D eigenvalue weighted by atomic mass is 32.2. The Morgan fingerprint density at radius 1 is 1.30 bits per heavy atom. The number of imidazole rings is 1. The van der Waals surface area contributed by atoms with Gasteiger partial charge in [-0.3, -0.25) is 9.35 Å². The number of ketones is 1. The highest BCUT2D eigenvalue weighted by molar-refractivity contribution is 7.85. The molecule has 0 saturated heterocycles. The van der Waals surface area contributed by atoms with E-state index >= 15 is 0 Å². The molecule has 20 heavy (non-hydrogen) atoms. The molecule has 6 nitrogen and oxygen atoms in total. The van der Waals surface area contributed by atoms with Crippen LogP contribution in [-0.4, -0.2) is 23.3 Å². The van der Waals surface area contributed by atoms with E-state index in [2.05, 4.69) is 0 Å². The summed E-state index contributed by atoms with van der Waals surface area (Å²) in [7, 11) is -2.90. The van der Waals surface area contributed by atoms with Crippen LogP contribution in [0.4, 0.5) is 0 Å². The molecule has 0 aliphatic heterocycles. The molecule has 0 aliphatic rings. The first-order valence-corrected chi connectivity index (χ1v) is 7.35. The SMILES string of the molecule is Cc1ccc(C(=O)Cn2cc[n+](C)c2S(=O)(=O)O)cc1. The third-order valence-electron chi connectivity index (χ3n) is 2.94. The van der Waals surface area contributed by atoms with E-state index in [1.54, 1.807) is 12.1 Å². The van der Waals surface area contributed by atoms with Gasteiger partial charge in [-0.15, -0.1) is 0 Å². The summed E-state index contributed by atoms with van der Waals surface area (Å²) in [4.78, 5) is 12.1. The predicted molar refractivity (Wildman–Crippen MR) is 70.9 cm³/mol. The van der Waals surface area contributed by atoms with E-state index in [0.717, 1.165) is 5.56 Å². The average molecular weight is 295 g/mol. The number of hydrogen-bond acceptors (Lipinski definition) is 3. The number of Topliss-reactive ketones (excluding diaryl/α,β-unsaturated/α-hetero) is 1. The van der Waals surface area contributed by atoms with Gasteiger partial charge in [-0.2, -0.15) is 8.42 Å². The second-order valence-corrected chi connectivity index (χ2v) is 5.90. The van der Waals surface area contributed by atoms with Crippen LogP contribution in [0.15, 0.2) is 41.8 Å². The minimum atomic E-state index is -4.38. The Morgan fingerprint density at radius 3 is 2.45 bits per heavy atom. The Hall–Kier alpha value is -1.99. The van der Waals surface area contributed by atoms with Crippen LogP contribution in [0, 0.1) is 6.92 Å². The van der Waals surface area contributed by atoms with E-state index in [0.29, 0.717) is 5.56 Å². The number of carbonyl (C=O) groups is 1. The molecule has 1 heterocycles. The van der Waals surface area contributed by atoms with Crippen molar-refractivity contribution in [2.75, 3.05) is 0 Å². The number of benzene rings is 1. The summed E-state index contributed by atoms with van der Waals surface area (Å²) in [6, 6.07) is 7.00. The quantitative estimate of drug-likeness (QED) is 0.513. The van der Waals surface area contributed by atoms with Crippen LogP contribution in [0.2, 0.25) is 0 Å². The standard InChI is InChI=1S/C13H14N2O4S/c1-10-3-5-11(6-4-10)12(16)9-15-8-7-14(2)13(15)20(17,18)19/h3-8H,9H2,1-2H3/p+1. The first-order chi connectivity index (χ1) is 9.29. The van der Waals surface area contributed by atoms with E-state index < -0.39 is 10.1 Å². The van der Waals surface area contributed by atoms with Crippen molar-refractivity contribution >= 4 is 15.9 Å². The molecule has 0 radical (unpaired) electrons. The molecule has 1 aromatic carbocycles. The van der Waals surface area contributed by atoms with Crippen molar-refractivity contribution in [2.45, 2.75) is 18.6 Å². The molecule has 0 bridgehead atoms. The van der Waals surface area contributed by atoms with Gasteiger partial charge < -0.3 is 0 Å². The van der Waals surface area contributed by atoms with E-state index in [9.17, 15) is 17.8 Å². The Balaban J connectivity index is 2.32. The van der Waals surface area contributed by atoms with Crippen molar-refractivity contribution in [3.05, 3.63) is 47.8 Å². The fourth-order valence-corrected chi connectivity index (χ4v) is 2.79. The molecule has 0 spiro atoms. The zero-order valence-electron chi connectivity index (χ0n) is 11.1. The van der Waals surface area contributed by atoms with Gasteiger partial charge in [0.15, 0.2) is 6.54 Å². The van der Waals surface area contributed by atoms with Gasteiger partial charge >= 0.3 is 15.3 Å². The molecule has 2 rings (SSSR count). The molecule has 7 heteroatoms. The molecule has 0 atom stereocenters. The molecule has 1 aromatic heterocycles. The van der Waals surface area contributed by atoms with Crippen molar-refractivity contribution in [2.24, 2.45) is 7.05 Å². The third-order valence-corrected chi connectivity index (χ3v) is 3.92. The van der Waals surface area contributed by atoms with E-state index in [1.807, 2.05) is 19.1 Å². The minimum absolute atomic E-state index is 0.154. The van der Waals surface area contributed by atoms with Gasteiger partial charge in [0.1, 0.15) is 12.4 Å². The molecule has 1 N–H and O–H groups in total. The van der Waals surface area contributed by atoms with Crippen LogP contribution in [0.1, 0.15) is 15.9 Å². The smallest absolute Gasteiger partial charge is 0.290 e. The molecule has 2 aromatic rings. The number of aromatic nitrogens is 2. The van der Waals surface area contributed by atoms with Crippen LogP contribution < -0.4 is 4.57 Å². The normalized spacial score (nSPS) is 11.6. The first-order valence-electron chi connectivity index (χ1n) is 5.91. The number of aryl methyl sites for hydroxylation is 2. The molecule has 0 amide bonds. The second-order valence-electron chi connectivity index (χ2n) is 4.58. The lowest BCUT2D eigenvalue weighted by molar-refractivity contribution is -0.710. The van der Waals surface area contributed by atoms with Gasteiger partial charge in [0, 0.05) is 5.56 Å². The Labute approximate surface area is 117 Å². The average Bonchev–Trinajstić information content (AvgIpc) is 2.70. The van der Waals surface area contributed by atoms with Crippen molar-refractivity contribution in [1.29, 1.82) is 0 Å². The van der Waals surface area contributed by atoms with Crippen LogP contribution in [0.5, 0.6) is 0 Å². The molecular formula is C13H15N2O4S+. The second kappa shape index (κ2) is 5.18. The Kier molecular flexibility index (Phi) is 3.74. The minimum Gasteiger partial charge on any atom is -0.290 e. The van der Waals surface area contributed by atoms with Crippen molar-refractivity contribution < 1.29 is 22.3 Å². The summed E-state index contributed by atoms with van der Waals surface area (Å²) in [5.41, 5.74) is 1.53. The van der Waals surface area contributed by atoms with Gasteiger partial charge in [0.05, 0.1) is 7.05 Å². The monoisotopic (exact) mass is 295 g/mol. The molecular weight excluding hydrogens is 280 g/mol. The largest absolute Gasteiger partial charge is 0.403 e. The highest BCUT2D eigenvalue weighted by Crippen LogP contribution is 2.08. The third kappa shape index (κ3) is 2.94. The van der Waals surface area contributed by atoms with Crippen LogP contribution in [0.25, 0.3) is 0 Å². The Morgan fingerprint density at radius 2 is 1.90 bits per heavy atom. The molecule has 0 saturated carbocycles. The van der Waals surface area contributed by atoms with Crippen molar-refractivity contribution in [3.8, 4) is 0 Å². The predicted octanol–water partition coefficient (Wildman–Crippen LogP) is 0.751. The summed E-state index contributed by atoms with van der Waals surface area (Å²) >= 11 is 0. The number of carbonyl (C=O) groups excluding carboxylic acids is 1. The molecule has 106 valence electrons. The van der Waals surface area contributed by atoms with Gasteiger partial charge in [-0.1, -0.05) is 29.8 Å². The lowest BCUT2D eigenvalue weighted by Crippen LogP contribution is -2.35. The maximum Gasteiger partial charge on any atom is 0.403 e. The van der Waals surface area contributed by atoms with Gasteiger partial charge in [0.25, 0.3) is 0 Å². The summed E-state index contributed by atoms with van der Waals surface area (Å²) in [6.07, 6.45) is 2.90. The number of nitrogens with zero attached hydrogens (tertiary/aromatic N) is 2. The lowest BCUT2D eigenvalue weighted by Gasteiger charge is -2.01. The summed E-state index contributed by atoms with van der Waals surface area (Å²) in [5.74, 6) is -0.230. The van der Waals surface area contributed by atoms with Gasteiger partial charge in [0.2, 0.25) is 5.78 Å². The maximum absolute atomic E-state index is 12.1. The zero-order valence-corrected chi connectivity index (χ0v) is 12.0. The summed E-state index contributed by atoms with van der Waals surface area (Å²) in [6.45, 7) is 1.76. The fourth-order valence-electron chi connectivity index (χ4n) is 1.95. The van der Waals surface area contributed by atoms with Gasteiger partial charge in [-0.25, -0.2) is 9.13 Å².